The van der Waals surface area contributed by atoms with Gasteiger partial charge in [0.2, 0.25) is 0 Å². The number of hydrazone groups is 1. The van der Waals surface area contributed by atoms with E-state index >= 15 is 0 Å². The molecule has 1 aromatic heterocycles. The molecule has 0 unspecified atom stereocenters. The third kappa shape index (κ3) is 6.84. The summed E-state index contributed by atoms with van der Waals surface area (Å²) in [7, 11) is 1.56. The Hall–Kier alpha value is -3.95. The summed E-state index contributed by atoms with van der Waals surface area (Å²) in [6.07, 6.45) is 3.19. The van der Waals surface area contributed by atoms with Gasteiger partial charge in [0.15, 0.2) is 16.6 Å². The maximum Gasteiger partial charge on any atom is 0.271 e. The molecule has 37 heavy (non-hydrogen) atoms. The molecule has 0 aliphatic heterocycles. The fourth-order valence-corrected chi connectivity index (χ4v) is 4.66. The number of carbonyl (C=O) groups excluding carboxylic acids is 1. The highest BCUT2D eigenvalue weighted by molar-refractivity contribution is 9.10. The predicted molar refractivity (Wildman–Crippen MR) is 153 cm³/mol. The number of aromatic nitrogens is 1. The van der Waals surface area contributed by atoms with Crippen LogP contribution in [-0.2, 0) is 0 Å². The van der Waals surface area contributed by atoms with Gasteiger partial charge in [-0.1, -0.05) is 42.5 Å². The molecule has 0 bridgehead atoms. The van der Waals surface area contributed by atoms with Crippen molar-refractivity contribution in [1.82, 2.24) is 10.4 Å². The molecule has 0 radical (unpaired) electrons. The number of hydrogen-bond donors (Lipinski definition) is 2. The van der Waals surface area contributed by atoms with Gasteiger partial charge in [-0.3, -0.25) is 4.79 Å². The van der Waals surface area contributed by atoms with E-state index in [1.54, 1.807) is 31.4 Å². The number of hydrogen-bond acceptors (Lipinski definition) is 7. The average molecular weight is 578 g/mol. The molecule has 0 saturated carbocycles. The number of thiazole rings is 1. The standard InChI is InChI=1S/C28H25BrN4O3S/c1-4-13-36-26-23(29)14-19(15-25(26)35-3)16-30-33-27(34)21-9-7-20(8-10-21)24-17-37-28(32-24)31-22-11-5-18(2)6-12-22/h4-12,14-17H,1,13H2,2-3H3,(H,31,32)(H,33,34)/b30-16-. The third-order valence-electron chi connectivity index (χ3n) is 5.23. The van der Waals surface area contributed by atoms with Crippen LogP contribution in [-0.4, -0.2) is 30.8 Å². The number of methoxy groups -OCH3 is 1. The summed E-state index contributed by atoms with van der Waals surface area (Å²) in [6.45, 7) is 6.06. The zero-order valence-electron chi connectivity index (χ0n) is 20.3. The summed E-state index contributed by atoms with van der Waals surface area (Å²) >= 11 is 5.00. The van der Waals surface area contributed by atoms with Gasteiger partial charge in [-0.25, -0.2) is 10.4 Å². The van der Waals surface area contributed by atoms with Crippen molar-refractivity contribution in [3.8, 4) is 22.8 Å². The molecule has 1 amide bonds. The van der Waals surface area contributed by atoms with Gasteiger partial charge in [-0.05, 0) is 64.8 Å². The van der Waals surface area contributed by atoms with E-state index in [4.69, 9.17) is 9.47 Å². The van der Waals surface area contributed by atoms with Crippen molar-refractivity contribution in [2.75, 3.05) is 19.0 Å². The molecule has 0 fully saturated rings. The Kier molecular flexibility index (Phi) is 8.71. The number of anilines is 2. The Morgan fingerprint density at radius 3 is 2.62 bits per heavy atom. The maximum absolute atomic E-state index is 12.6. The van der Waals surface area contributed by atoms with Crippen molar-refractivity contribution in [3.63, 3.8) is 0 Å². The lowest BCUT2D eigenvalue weighted by Crippen LogP contribution is -2.17. The summed E-state index contributed by atoms with van der Waals surface area (Å²) in [4.78, 5) is 17.2. The molecule has 7 nitrogen and oxygen atoms in total. The molecule has 0 spiro atoms. The molecule has 4 aromatic rings. The average Bonchev–Trinajstić information content (AvgIpc) is 3.37. The molecule has 0 saturated heterocycles. The smallest absolute Gasteiger partial charge is 0.271 e. The quantitative estimate of drug-likeness (QED) is 0.121. The van der Waals surface area contributed by atoms with Crippen LogP contribution < -0.4 is 20.2 Å². The predicted octanol–water partition coefficient (Wildman–Crippen LogP) is 6.96. The number of ether oxygens (including phenoxy) is 2. The van der Waals surface area contributed by atoms with Crippen LogP contribution in [0.5, 0.6) is 11.5 Å². The lowest BCUT2D eigenvalue weighted by molar-refractivity contribution is 0.0955. The van der Waals surface area contributed by atoms with Gasteiger partial charge >= 0.3 is 0 Å². The van der Waals surface area contributed by atoms with Crippen molar-refractivity contribution in [1.29, 1.82) is 0 Å². The number of halogens is 1. The van der Waals surface area contributed by atoms with Gasteiger partial charge in [0.1, 0.15) is 6.61 Å². The van der Waals surface area contributed by atoms with Gasteiger partial charge in [-0.15, -0.1) is 11.3 Å². The minimum Gasteiger partial charge on any atom is -0.493 e. The molecule has 0 aliphatic carbocycles. The Morgan fingerprint density at radius 1 is 1.16 bits per heavy atom. The van der Waals surface area contributed by atoms with E-state index in [1.165, 1.54) is 23.1 Å². The second-order valence-electron chi connectivity index (χ2n) is 7.94. The van der Waals surface area contributed by atoms with E-state index in [2.05, 4.69) is 62.4 Å². The first-order chi connectivity index (χ1) is 18.0. The molecule has 2 N–H and O–H groups in total. The number of amides is 1. The fourth-order valence-electron chi connectivity index (χ4n) is 3.34. The zero-order valence-corrected chi connectivity index (χ0v) is 22.7. The summed E-state index contributed by atoms with van der Waals surface area (Å²) < 4.78 is 11.7. The minimum atomic E-state index is -0.320. The normalized spacial score (nSPS) is 10.8. The molecule has 4 rings (SSSR count). The minimum absolute atomic E-state index is 0.320. The van der Waals surface area contributed by atoms with E-state index in [0.717, 1.165) is 27.6 Å². The van der Waals surface area contributed by atoms with Gasteiger partial charge in [0, 0.05) is 22.2 Å². The van der Waals surface area contributed by atoms with Crippen LogP contribution in [0.4, 0.5) is 10.8 Å². The molecule has 3 aromatic carbocycles. The Bertz CT molecular complexity index is 1420. The summed E-state index contributed by atoms with van der Waals surface area (Å²) in [5.41, 5.74) is 7.72. The largest absolute Gasteiger partial charge is 0.493 e. The number of rotatable bonds is 10. The topological polar surface area (TPSA) is 84.8 Å². The van der Waals surface area contributed by atoms with Crippen LogP contribution in [0.3, 0.4) is 0 Å². The Morgan fingerprint density at radius 2 is 1.92 bits per heavy atom. The summed E-state index contributed by atoms with van der Waals surface area (Å²) in [5, 5.41) is 10.2. The van der Waals surface area contributed by atoms with Crippen LogP contribution in [0.15, 0.2) is 88.3 Å². The third-order valence-corrected chi connectivity index (χ3v) is 6.57. The van der Waals surface area contributed by atoms with Crippen LogP contribution in [0.1, 0.15) is 21.5 Å². The maximum atomic E-state index is 12.6. The van der Waals surface area contributed by atoms with Gasteiger partial charge < -0.3 is 14.8 Å². The van der Waals surface area contributed by atoms with Crippen molar-refractivity contribution >= 4 is 50.2 Å². The molecule has 9 heteroatoms. The Balaban J connectivity index is 1.37. The van der Waals surface area contributed by atoms with Gasteiger partial charge in [0.05, 0.1) is 23.5 Å². The van der Waals surface area contributed by atoms with Crippen molar-refractivity contribution < 1.29 is 14.3 Å². The molecule has 1 heterocycles. The van der Waals surface area contributed by atoms with Crippen molar-refractivity contribution in [2.24, 2.45) is 5.10 Å². The highest BCUT2D eigenvalue weighted by atomic mass is 79.9. The van der Waals surface area contributed by atoms with E-state index < -0.39 is 0 Å². The first-order valence-corrected chi connectivity index (χ1v) is 13.0. The summed E-state index contributed by atoms with van der Waals surface area (Å²) in [6, 6.07) is 19.0. The van der Waals surface area contributed by atoms with E-state index in [1.807, 2.05) is 35.7 Å². The van der Waals surface area contributed by atoms with E-state index in [-0.39, 0.29) is 5.91 Å². The number of nitrogens with zero attached hydrogens (tertiary/aromatic N) is 2. The van der Waals surface area contributed by atoms with Crippen LogP contribution in [0.2, 0.25) is 0 Å². The Labute approximate surface area is 228 Å². The number of benzene rings is 3. The van der Waals surface area contributed by atoms with Gasteiger partial charge in [0.25, 0.3) is 5.91 Å². The second kappa shape index (κ2) is 12.3. The lowest BCUT2D eigenvalue weighted by Gasteiger charge is -2.12. The fraction of sp³-hybridized carbons (Fsp3) is 0.107. The molecular formula is C28H25BrN4O3S. The van der Waals surface area contributed by atoms with E-state index in [9.17, 15) is 4.79 Å². The van der Waals surface area contributed by atoms with Crippen LogP contribution in [0, 0.1) is 6.92 Å². The molecule has 0 aliphatic rings. The number of carbonyl (C=O) groups is 1. The first kappa shape index (κ1) is 26.1. The highest BCUT2D eigenvalue weighted by Gasteiger charge is 2.11. The monoisotopic (exact) mass is 576 g/mol. The first-order valence-electron chi connectivity index (χ1n) is 11.3. The van der Waals surface area contributed by atoms with Gasteiger partial charge in [-0.2, -0.15) is 5.10 Å². The molecule has 0 atom stereocenters. The second-order valence-corrected chi connectivity index (χ2v) is 9.65. The van der Waals surface area contributed by atoms with Crippen molar-refractivity contribution in [2.45, 2.75) is 6.92 Å². The highest BCUT2D eigenvalue weighted by Crippen LogP contribution is 2.36. The molecular weight excluding hydrogens is 552 g/mol. The van der Waals surface area contributed by atoms with Crippen LogP contribution >= 0.6 is 27.3 Å². The van der Waals surface area contributed by atoms with E-state index in [0.29, 0.717) is 28.1 Å². The zero-order chi connectivity index (χ0) is 26.2. The lowest BCUT2D eigenvalue weighted by atomic mass is 10.1. The van der Waals surface area contributed by atoms with Crippen molar-refractivity contribution in [3.05, 3.63) is 99.9 Å². The number of aryl methyl sites for hydroxylation is 1. The summed E-state index contributed by atoms with van der Waals surface area (Å²) in [5.74, 6) is 0.792. The van der Waals surface area contributed by atoms with Crippen LogP contribution in [0.25, 0.3) is 11.3 Å². The molecule has 188 valence electrons. The SMILES string of the molecule is C=CCOc1c(Br)cc(/C=N\NC(=O)c2ccc(-c3csc(Nc4ccc(C)cc4)n3)cc2)cc1OC. The number of nitrogens with one attached hydrogen (secondary N) is 2.